The first-order valence-corrected chi connectivity index (χ1v) is 6.71. The van der Waals surface area contributed by atoms with E-state index in [2.05, 4.69) is 0 Å². The molecule has 2 atom stereocenters. The minimum Gasteiger partial charge on any atom is -0.481 e. The van der Waals surface area contributed by atoms with Gasteiger partial charge in [-0.3, -0.25) is 14.4 Å². The van der Waals surface area contributed by atoms with Gasteiger partial charge in [-0.1, -0.05) is 0 Å². The Kier molecular flexibility index (Phi) is 5.26. The van der Waals surface area contributed by atoms with Crippen LogP contribution in [0.5, 0.6) is 0 Å². The Bertz CT molecular complexity index is 416. The standard InChI is InChI=1S/C10H13F3N2O4S/c11-10(12,13)6-2-15(1-5(6)9(18)19)8(17)4-20-3-7(14)16/h5-6H,1-4H2,(H2,14,16)(H,18,19)/t5-,6-/m1/s1. The molecule has 3 N–H and O–H groups in total. The van der Waals surface area contributed by atoms with Crippen molar-refractivity contribution in [1.82, 2.24) is 4.90 Å². The summed E-state index contributed by atoms with van der Waals surface area (Å²) in [5, 5.41) is 8.79. The molecule has 0 aromatic rings. The van der Waals surface area contributed by atoms with E-state index in [1.165, 1.54) is 0 Å². The number of carbonyl (C=O) groups is 3. The second-order valence-electron chi connectivity index (χ2n) is 4.35. The first kappa shape index (κ1) is 16.6. The lowest BCUT2D eigenvalue weighted by atomic mass is 9.96. The van der Waals surface area contributed by atoms with E-state index in [0.717, 1.165) is 16.7 Å². The van der Waals surface area contributed by atoms with E-state index in [4.69, 9.17) is 10.8 Å². The highest BCUT2D eigenvalue weighted by Crippen LogP contribution is 2.37. The van der Waals surface area contributed by atoms with E-state index in [-0.39, 0.29) is 11.5 Å². The highest BCUT2D eigenvalue weighted by molar-refractivity contribution is 8.00. The van der Waals surface area contributed by atoms with Crippen molar-refractivity contribution < 1.29 is 32.7 Å². The van der Waals surface area contributed by atoms with Crippen molar-refractivity contribution >= 4 is 29.5 Å². The second kappa shape index (κ2) is 6.33. The third-order valence-electron chi connectivity index (χ3n) is 2.88. The lowest BCUT2D eigenvalue weighted by Crippen LogP contribution is -2.34. The number of halogens is 3. The number of rotatable bonds is 5. The van der Waals surface area contributed by atoms with Crippen molar-refractivity contribution in [1.29, 1.82) is 0 Å². The van der Waals surface area contributed by atoms with Crippen LogP contribution < -0.4 is 5.73 Å². The monoisotopic (exact) mass is 314 g/mol. The van der Waals surface area contributed by atoms with Gasteiger partial charge in [0.25, 0.3) is 0 Å². The molecule has 0 aromatic carbocycles. The Hall–Kier alpha value is -1.45. The van der Waals surface area contributed by atoms with Crippen LogP contribution in [-0.2, 0) is 14.4 Å². The van der Waals surface area contributed by atoms with Crippen LogP contribution in [-0.4, -0.2) is 58.6 Å². The van der Waals surface area contributed by atoms with Crippen molar-refractivity contribution in [2.24, 2.45) is 17.6 Å². The maximum atomic E-state index is 12.7. The second-order valence-corrected chi connectivity index (χ2v) is 5.34. The highest BCUT2D eigenvalue weighted by Gasteiger charge is 2.53. The summed E-state index contributed by atoms with van der Waals surface area (Å²) < 4.78 is 38.1. The van der Waals surface area contributed by atoms with E-state index in [0.29, 0.717) is 0 Å². The number of primary amides is 1. The minimum absolute atomic E-state index is 0.120. The van der Waals surface area contributed by atoms with Gasteiger partial charge < -0.3 is 15.7 Å². The maximum Gasteiger partial charge on any atom is 0.394 e. The first-order valence-electron chi connectivity index (χ1n) is 5.56. The molecule has 10 heteroatoms. The molecule has 2 amide bonds. The fourth-order valence-electron chi connectivity index (χ4n) is 1.92. The number of thioether (sulfide) groups is 1. The van der Waals surface area contributed by atoms with E-state index < -0.39 is 48.9 Å². The number of amides is 2. The zero-order chi connectivity index (χ0) is 15.5. The Balaban J connectivity index is 2.63. The summed E-state index contributed by atoms with van der Waals surface area (Å²) in [5.74, 6) is -6.89. The number of carboxylic acid groups (broad SMARTS) is 1. The predicted molar refractivity (Wildman–Crippen MR) is 63.8 cm³/mol. The van der Waals surface area contributed by atoms with Gasteiger partial charge in [0.15, 0.2) is 0 Å². The van der Waals surface area contributed by atoms with Crippen LogP contribution in [0.2, 0.25) is 0 Å². The number of hydrogen-bond acceptors (Lipinski definition) is 4. The number of carboxylic acids is 1. The fourth-order valence-corrected chi connectivity index (χ4v) is 2.58. The molecule has 6 nitrogen and oxygen atoms in total. The van der Waals surface area contributed by atoms with Crippen molar-refractivity contribution in [3.05, 3.63) is 0 Å². The summed E-state index contributed by atoms with van der Waals surface area (Å²) in [7, 11) is 0. The molecule has 0 saturated carbocycles. The van der Waals surface area contributed by atoms with E-state index in [1.54, 1.807) is 0 Å². The Morgan fingerprint density at radius 1 is 1.25 bits per heavy atom. The summed E-state index contributed by atoms with van der Waals surface area (Å²) in [6.07, 6.45) is -4.67. The number of nitrogens with zero attached hydrogens (tertiary/aromatic N) is 1. The largest absolute Gasteiger partial charge is 0.481 e. The van der Waals surface area contributed by atoms with Crippen molar-refractivity contribution in [2.75, 3.05) is 24.6 Å². The van der Waals surface area contributed by atoms with Gasteiger partial charge in [0.2, 0.25) is 11.8 Å². The molecule has 0 spiro atoms. The minimum atomic E-state index is -4.67. The molecule has 0 bridgehead atoms. The van der Waals surface area contributed by atoms with Crippen LogP contribution >= 0.6 is 11.8 Å². The molecule has 1 aliphatic heterocycles. The Morgan fingerprint density at radius 3 is 2.25 bits per heavy atom. The molecule has 0 aliphatic carbocycles. The van der Waals surface area contributed by atoms with Gasteiger partial charge >= 0.3 is 12.1 Å². The van der Waals surface area contributed by atoms with Crippen molar-refractivity contribution in [2.45, 2.75) is 6.18 Å². The third kappa shape index (κ3) is 4.29. The summed E-state index contributed by atoms with van der Waals surface area (Å²) in [4.78, 5) is 33.8. The van der Waals surface area contributed by atoms with Crippen LogP contribution in [0.15, 0.2) is 0 Å². The number of carbonyl (C=O) groups excluding carboxylic acids is 2. The van der Waals surface area contributed by atoms with Crippen LogP contribution in [0.4, 0.5) is 13.2 Å². The quantitative estimate of drug-likeness (QED) is 0.739. The number of likely N-dealkylation sites (tertiary alicyclic amines) is 1. The first-order chi connectivity index (χ1) is 9.12. The summed E-state index contributed by atoms with van der Waals surface area (Å²) in [5.41, 5.74) is 4.86. The van der Waals surface area contributed by atoms with Crippen LogP contribution in [0, 0.1) is 11.8 Å². The van der Waals surface area contributed by atoms with Crippen LogP contribution in [0.1, 0.15) is 0 Å². The summed E-state index contributed by atoms with van der Waals surface area (Å²) in [6.45, 7) is -1.15. The topological polar surface area (TPSA) is 101 Å². The normalized spacial score (nSPS) is 22.9. The molecule has 114 valence electrons. The van der Waals surface area contributed by atoms with Gasteiger partial charge in [-0.2, -0.15) is 13.2 Å². The lowest BCUT2D eigenvalue weighted by molar-refractivity contribution is -0.188. The number of nitrogens with two attached hydrogens (primary N) is 1. The van der Waals surface area contributed by atoms with Gasteiger partial charge in [-0.15, -0.1) is 11.8 Å². The average molecular weight is 314 g/mol. The predicted octanol–water partition coefficient (Wildman–Crippen LogP) is -0.0736. The van der Waals surface area contributed by atoms with Crippen molar-refractivity contribution in [3.8, 4) is 0 Å². The molecule has 1 saturated heterocycles. The van der Waals surface area contributed by atoms with Gasteiger partial charge in [-0.25, -0.2) is 0 Å². The Morgan fingerprint density at radius 2 is 1.85 bits per heavy atom. The maximum absolute atomic E-state index is 12.7. The molecule has 1 heterocycles. The third-order valence-corrected chi connectivity index (χ3v) is 3.82. The fraction of sp³-hybridized carbons (Fsp3) is 0.700. The smallest absolute Gasteiger partial charge is 0.394 e. The summed E-state index contributed by atoms with van der Waals surface area (Å²) >= 11 is 0.880. The number of hydrogen-bond donors (Lipinski definition) is 2. The average Bonchev–Trinajstić information content (AvgIpc) is 2.72. The molecule has 0 unspecified atom stereocenters. The number of alkyl halides is 3. The van der Waals surface area contributed by atoms with Gasteiger partial charge in [0, 0.05) is 13.1 Å². The van der Waals surface area contributed by atoms with E-state index >= 15 is 0 Å². The van der Waals surface area contributed by atoms with Crippen LogP contribution in [0.25, 0.3) is 0 Å². The molecule has 1 rings (SSSR count). The van der Waals surface area contributed by atoms with E-state index in [9.17, 15) is 27.6 Å². The van der Waals surface area contributed by atoms with Crippen molar-refractivity contribution in [3.63, 3.8) is 0 Å². The Labute approximate surface area is 116 Å². The lowest BCUT2D eigenvalue weighted by Gasteiger charge is -2.18. The van der Waals surface area contributed by atoms with Gasteiger partial charge in [0.05, 0.1) is 23.3 Å². The molecule has 0 radical (unpaired) electrons. The SMILES string of the molecule is NC(=O)CSCC(=O)N1C[C@@H](C(F)(F)F)[C@H](C(=O)O)C1. The van der Waals surface area contributed by atoms with Gasteiger partial charge in [0.1, 0.15) is 0 Å². The van der Waals surface area contributed by atoms with Gasteiger partial charge in [-0.05, 0) is 0 Å². The molecule has 0 aromatic heterocycles. The zero-order valence-electron chi connectivity index (χ0n) is 10.2. The highest BCUT2D eigenvalue weighted by atomic mass is 32.2. The molecular weight excluding hydrogens is 301 g/mol. The van der Waals surface area contributed by atoms with E-state index in [1.807, 2.05) is 0 Å². The number of aliphatic carboxylic acids is 1. The molecule has 1 aliphatic rings. The van der Waals surface area contributed by atoms with Crippen LogP contribution in [0.3, 0.4) is 0 Å². The molecule has 20 heavy (non-hydrogen) atoms. The zero-order valence-corrected chi connectivity index (χ0v) is 11.0. The summed E-state index contributed by atoms with van der Waals surface area (Å²) in [6, 6.07) is 0. The molecule has 1 fully saturated rings. The molecular formula is C10H13F3N2O4S.